The van der Waals surface area contributed by atoms with Gasteiger partial charge in [0.15, 0.2) is 0 Å². The molecule has 1 fully saturated rings. The quantitative estimate of drug-likeness (QED) is 0.768. The van der Waals surface area contributed by atoms with Gasteiger partial charge in [0.05, 0.1) is 0 Å². The Morgan fingerprint density at radius 2 is 1.63 bits per heavy atom. The number of halogens is 1. The molecule has 1 aromatic rings. The van der Waals surface area contributed by atoms with E-state index in [0.717, 1.165) is 19.6 Å². The summed E-state index contributed by atoms with van der Waals surface area (Å²) >= 11 is 0. The standard InChI is InChI=1S/C17H26FN/c1-16(2,3)15-7-5-14(6-8-15)13-19-11-9-17(4,18)10-12-19/h5-8H,9-13H2,1-4H3. The van der Waals surface area contributed by atoms with Crippen molar-refractivity contribution < 1.29 is 4.39 Å². The fourth-order valence-electron chi connectivity index (χ4n) is 2.55. The van der Waals surface area contributed by atoms with Crippen LogP contribution in [-0.2, 0) is 12.0 Å². The van der Waals surface area contributed by atoms with Crippen molar-refractivity contribution in [2.45, 2.75) is 58.2 Å². The number of alkyl halides is 1. The van der Waals surface area contributed by atoms with Crippen LogP contribution < -0.4 is 0 Å². The van der Waals surface area contributed by atoms with Crippen molar-refractivity contribution in [1.82, 2.24) is 4.90 Å². The van der Waals surface area contributed by atoms with E-state index in [-0.39, 0.29) is 5.41 Å². The number of nitrogens with zero attached hydrogens (tertiary/aromatic N) is 1. The molecule has 1 nitrogen and oxygen atoms in total. The van der Waals surface area contributed by atoms with E-state index < -0.39 is 5.67 Å². The summed E-state index contributed by atoms with van der Waals surface area (Å²) in [7, 11) is 0. The molecular formula is C17H26FN. The van der Waals surface area contributed by atoms with E-state index in [0.29, 0.717) is 12.8 Å². The van der Waals surface area contributed by atoms with Crippen molar-refractivity contribution >= 4 is 0 Å². The van der Waals surface area contributed by atoms with Crippen LogP contribution in [0.15, 0.2) is 24.3 Å². The first-order chi connectivity index (χ1) is 8.76. The lowest BCUT2D eigenvalue weighted by Gasteiger charge is -2.34. The average Bonchev–Trinajstić information content (AvgIpc) is 2.31. The van der Waals surface area contributed by atoms with E-state index in [2.05, 4.69) is 49.9 Å². The maximum absolute atomic E-state index is 13.7. The molecule has 0 bridgehead atoms. The minimum absolute atomic E-state index is 0.208. The Balaban J connectivity index is 1.94. The number of hydrogen-bond donors (Lipinski definition) is 0. The van der Waals surface area contributed by atoms with Gasteiger partial charge in [-0.05, 0) is 36.3 Å². The van der Waals surface area contributed by atoms with Crippen molar-refractivity contribution in [1.29, 1.82) is 0 Å². The molecule has 0 amide bonds. The highest BCUT2D eigenvalue weighted by Gasteiger charge is 2.29. The van der Waals surface area contributed by atoms with E-state index >= 15 is 0 Å². The van der Waals surface area contributed by atoms with Gasteiger partial charge >= 0.3 is 0 Å². The topological polar surface area (TPSA) is 3.24 Å². The molecular weight excluding hydrogens is 237 g/mol. The van der Waals surface area contributed by atoms with Gasteiger partial charge in [-0.1, -0.05) is 45.0 Å². The van der Waals surface area contributed by atoms with Crippen molar-refractivity contribution in [3.05, 3.63) is 35.4 Å². The van der Waals surface area contributed by atoms with E-state index in [1.807, 2.05) is 0 Å². The first-order valence-corrected chi connectivity index (χ1v) is 7.27. The van der Waals surface area contributed by atoms with Gasteiger partial charge in [-0.3, -0.25) is 4.90 Å². The normalized spacial score (nSPS) is 20.5. The van der Waals surface area contributed by atoms with Gasteiger partial charge in [-0.2, -0.15) is 0 Å². The second-order valence-electron chi connectivity index (χ2n) is 7.14. The highest BCUT2D eigenvalue weighted by Crippen LogP contribution is 2.27. The molecule has 0 aliphatic carbocycles. The van der Waals surface area contributed by atoms with E-state index in [1.54, 1.807) is 6.92 Å². The van der Waals surface area contributed by atoms with E-state index in [9.17, 15) is 4.39 Å². The van der Waals surface area contributed by atoms with Crippen LogP contribution in [0.25, 0.3) is 0 Å². The maximum Gasteiger partial charge on any atom is 0.110 e. The SMILES string of the molecule is CC1(F)CCN(Cc2ccc(C(C)(C)C)cc2)CC1. The third kappa shape index (κ3) is 4.04. The molecule has 0 atom stereocenters. The van der Waals surface area contributed by atoms with Crippen LogP contribution in [0.5, 0.6) is 0 Å². The summed E-state index contributed by atoms with van der Waals surface area (Å²) in [4.78, 5) is 2.35. The van der Waals surface area contributed by atoms with Gasteiger partial charge < -0.3 is 0 Å². The highest BCUT2D eigenvalue weighted by molar-refractivity contribution is 5.27. The smallest absolute Gasteiger partial charge is 0.110 e. The molecule has 1 heterocycles. The molecule has 1 aliphatic rings. The number of piperidine rings is 1. The maximum atomic E-state index is 13.7. The van der Waals surface area contributed by atoms with Crippen LogP contribution in [-0.4, -0.2) is 23.7 Å². The minimum Gasteiger partial charge on any atom is -0.299 e. The lowest BCUT2D eigenvalue weighted by Crippen LogP contribution is -2.39. The zero-order valence-corrected chi connectivity index (χ0v) is 12.7. The Labute approximate surface area is 116 Å². The van der Waals surface area contributed by atoms with E-state index in [4.69, 9.17) is 0 Å². The fraction of sp³-hybridized carbons (Fsp3) is 0.647. The van der Waals surface area contributed by atoms with Gasteiger partial charge in [0.1, 0.15) is 5.67 Å². The van der Waals surface area contributed by atoms with Crippen LogP contribution in [0, 0.1) is 0 Å². The van der Waals surface area contributed by atoms with Crippen LogP contribution in [0.2, 0.25) is 0 Å². The zero-order valence-electron chi connectivity index (χ0n) is 12.7. The van der Waals surface area contributed by atoms with Gasteiger partial charge in [-0.15, -0.1) is 0 Å². The predicted octanol–water partition coefficient (Wildman–Crippen LogP) is 4.31. The molecule has 0 saturated carbocycles. The predicted molar refractivity (Wildman–Crippen MR) is 79.2 cm³/mol. The summed E-state index contributed by atoms with van der Waals surface area (Å²) in [5.74, 6) is 0. The Bertz CT molecular complexity index is 404. The molecule has 1 saturated heterocycles. The van der Waals surface area contributed by atoms with Crippen LogP contribution in [0.3, 0.4) is 0 Å². The van der Waals surface area contributed by atoms with Gasteiger partial charge in [0.25, 0.3) is 0 Å². The Morgan fingerprint density at radius 3 is 2.11 bits per heavy atom. The fourth-order valence-corrected chi connectivity index (χ4v) is 2.55. The van der Waals surface area contributed by atoms with E-state index in [1.165, 1.54) is 11.1 Å². The van der Waals surface area contributed by atoms with Crippen molar-refractivity contribution in [3.63, 3.8) is 0 Å². The second-order valence-corrected chi connectivity index (χ2v) is 7.14. The van der Waals surface area contributed by atoms with Gasteiger partial charge in [0, 0.05) is 19.6 Å². The monoisotopic (exact) mass is 263 g/mol. The first kappa shape index (κ1) is 14.5. The Kier molecular flexibility index (Phi) is 4.00. The van der Waals surface area contributed by atoms with Crippen LogP contribution in [0.4, 0.5) is 4.39 Å². The number of benzene rings is 1. The molecule has 19 heavy (non-hydrogen) atoms. The van der Waals surface area contributed by atoms with Crippen molar-refractivity contribution in [2.24, 2.45) is 0 Å². The molecule has 0 unspecified atom stereocenters. The summed E-state index contributed by atoms with van der Waals surface area (Å²) in [5.41, 5.74) is 1.95. The summed E-state index contributed by atoms with van der Waals surface area (Å²) in [6, 6.07) is 8.87. The Morgan fingerprint density at radius 1 is 1.11 bits per heavy atom. The van der Waals surface area contributed by atoms with Gasteiger partial charge in [-0.25, -0.2) is 4.39 Å². The molecule has 0 radical (unpaired) electrons. The summed E-state index contributed by atoms with van der Waals surface area (Å²) < 4.78 is 13.7. The largest absolute Gasteiger partial charge is 0.299 e. The van der Waals surface area contributed by atoms with Crippen molar-refractivity contribution in [3.8, 4) is 0 Å². The molecule has 0 N–H and O–H groups in total. The molecule has 0 aromatic heterocycles. The third-order valence-corrected chi connectivity index (χ3v) is 4.12. The summed E-state index contributed by atoms with van der Waals surface area (Å²) in [6.07, 6.45) is 1.32. The summed E-state index contributed by atoms with van der Waals surface area (Å²) in [6.45, 7) is 11.1. The molecule has 2 rings (SSSR count). The zero-order chi connectivity index (χ0) is 14.1. The highest BCUT2D eigenvalue weighted by atomic mass is 19.1. The molecule has 2 heteroatoms. The molecule has 1 aliphatic heterocycles. The molecule has 1 aromatic carbocycles. The third-order valence-electron chi connectivity index (χ3n) is 4.12. The number of hydrogen-bond acceptors (Lipinski definition) is 1. The Hall–Kier alpha value is -0.890. The molecule has 0 spiro atoms. The van der Waals surface area contributed by atoms with Crippen LogP contribution >= 0.6 is 0 Å². The lowest BCUT2D eigenvalue weighted by molar-refractivity contribution is 0.0705. The van der Waals surface area contributed by atoms with Crippen molar-refractivity contribution in [2.75, 3.05) is 13.1 Å². The molecule has 106 valence electrons. The average molecular weight is 263 g/mol. The number of rotatable bonds is 2. The number of likely N-dealkylation sites (tertiary alicyclic amines) is 1. The first-order valence-electron chi connectivity index (χ1n) is 7.27. The summed E-state index contributed by atoms with van der Waals surface area (Å²) in [5, 5.41) is 0. The van der Waals surface area contributed by atoms with Crippen LogP contribution in [0.1, 0.15) is 51.7 Å². The van der Waals surface area contributed by atoms with Gasteiger partial charge in [0.2, 0.25) is 0 Å². The minimum atomic E-state index is -0.952. The lowest BCUT2D eigenvalue weighted by atomic mass is 9.86. The second kappa shape index (κ2) is 5.24.